The van der Waals surface area contributed by atoms with Crippen molar-refractivity contribution < 1.29 is 47.7 Å². The molecule has 1 aromatic heterocycles. The Morgan fingerprint density at radius 2 is 1.48 bits per heavy atom. The highest BCUT2D eigenvalue weighted by atomic mass is 35.5. The number of rotatable bonds is 27. The standard InChI is InChI=1S/C66H99ClN8O10/c1-64(2,3)28-27-58(76)74(32-11-14-59(77)81-7)66(62(79)68-31-35-71-36-40-82-41-37-71)29-33-72(34-30-66)63(80)85-47-55-53-23-25-56-57(26-24-54(53)55)75(70-69-56)39-43-84-45-44-83-42-38-73(46-48-15-19-51(20-16-48)65(4,5)6)61(78)60(49-12-9-8-10-13-49)50-17-21-52(67)22-18-50/h15-22,49,53-55,60H,8-14,23-47H2,1-7H3,(H,68,79). The summed E-state index contributed by atoms with van der Waals surface area (Å²) in [7, 11) is 1.35. The van der Waals surface area contributed by atoms with Crippen molar-refractivity contribution in [3.8, 4) is 0 Å². The van der Waals surface area contributed by atoms with Gasteiger partial charge in [-0.25, -0.2) is 9.48 Å². The highest BCUT2D eigenvalue weighted by molar-refractivity contribution is 6.30. The average Bonchev–Trinajstić information content (AvgIpc) is 4.18. The number of piperidine rings is 1. The summed E-state index contributed by atoms with van der Waals surface area (Å²) in [6.07, 6.45) is 10.6. The van der Waals surface area contributed by atoms with Crippen molar-refractivity contribution in [3.05, 3.63) is 81.6 Å². The third-order valence-corrected chi connectivity index (χ3v) is 18.9. The van der Waals surface area contributed by atoms with Crippen LogP contribution in [0.15, 0.2) is 48.5 Å². The minimum absolute atomic E-state index is 0.0342. The number of hydrogen-bond acceptors (Lipinski definition) is 13. The zero-order chi connectivity index (χ0) is 60.6. The molecule has 2 aromatic carbocycles. The number of ether oxygens (including phenoxy) is 5. The van der Waals surface area contributed by atoms with Crippen molar-refractivity contribution in [2.45, 2.75) is 168 Å². The Hall–Kier alpha value is -5.14. The molecule has 470 valence electrons. The van der Waals surface area contributed by atoms with E-state index in [1.54, 1.807) is 9.80 Å². The number of aryl methyl sites for hydroxylation is 1. The number of likely N-dealkylation sites (tertiary alicyclic amines) is 1. The summed E-state index contributed by atoms with van der Waals surface area (Å²) in [6, 6.07) is 16.5. The van der Waals surface area contributed by atoms with E-state index < -0.39 is 11.6 Å². The molecule has 19 heteroatoms. The van der Waals surface area contributed by atoms with Gasteiger partial charge in [-0.3, -0.25) is 24.1 Å². The lowest BCUT2D eigenvalue weighted by Crippen LogP contribution is -2.65. The van der Waals surface area contributed by atoms with E-state index in [1.165, 1.54) is 19.1 Å². The third kappa shape index (κ3) is 18.7. The van der Waals surface area contributed by atoms with Gasteiger partial charge in [-0.15, -0.1) is 5.10 Å². The fraction of sp³-hybridized carbons (Fsp3) is 0.712. The second-order valence-electron chi connectivity index (χ2n) is 26.7. The lowest BCUT2D eigenvalue weighted by Gasteiger charge is -2.47. The molecule has 18 nitrogen and oxygen atoms in total. The number of aromatic nitrogens is 3. The first kappa shape index (κ1) is 65.8. The molecule has 2 saturated carbocycles. The summed E-state index contributed by atoms with van der Waals surface area (Å²) < 4.78 is 30.7. The van der Waals surface area contributed by atoms with Gasteiger partial charge in [-0.2, -0.15) is 0 Å². The van der Waals surface area contributed by atoms with Crippen molar-refractivity contribution in [3.63, 3.8) is 0 Å². The van der Waals surface area contributed by atoms with Crippen LogP contribution in [0.3, 0.4) is 0 Å². The summed E-state index contributed by atoms with van der Waals surface area (Å²) in [6.45, 7) is 21.2. The Kier molecular flexibility index (Phi) is 24.1. The number of benzene rings is 2. The van der Waals surface area contributed by atoms with E-state index in [0.717, 1.165) is 87.0 Å². The molecule has 4 atom stereocenters. The molecule has 0 bridgehead atoms. The fourth-order valence-corrected chi connectivity index (χ4v) is 13.5. The molecular weight excluding hydrogens is 1100 g/mol. The highest BCUT2D eigenvalue weighted by Crippen LogP contribution is 2.53. The second-order valence-corrected chi connectivity index (χ2v) is 27.2. The Morgan fingerprint density at radius 1 is 0.800 bits per heavy atom. The number of hydrogen-bond donors (Lipinski definition) is 1. The topological polar surface area (TPSA) is 187 Å². The van der Waals surface area contributed by atoms with E-state index in [0.29, 0.717) is 109 Å². The second kappa shape index (κ2) is 31.2. The van der Waals surface area contributed by atoms with Crippen molar-refractivity contribution in [1.82, 2.24) is 39.9 Å². The van der Waals surface area contributed by atoms with Gasteiger partial charge in [0.15, 0.2) is 0 Å². The maximum atomic E-state index is 14.8. The smallest absolute Gasteiger partial charge is 0.409 e. The molecule has 3 aromatic rings. The number of morpholine rings is 1. The van der Waals surface area contributed by atoms with Crippen LogP contribution in [0.2, 0.25) is 5.02 Å². The summed E-state index contributed by atoms with van der Waals surface area (Å²) in [5, 5.41) is 13.0. The number of fused-ring (bicyclic) bond motifs is 2. The molecule has 4 amide bonds. The van der Waals surface area contributed by atoms with Gasteiger partial charge in [0.25, 0.3) is 0 Å². The molecule has 4 unspecified atom stereocenters. The lowest BCUT2D eigenvalue weighted by atomic mass is 9.76. The first-order valence-corrected chi connectivity index (χ1v) is 32.3. The van der Waals surface area contributed by atoms with Crippen LogP contribution >= 0.6 is 11.6 Å². The summed E-state index contributed by atoms with van der Waals surface area (Å²) in [4.78, 5) is 77.3. The zero-order valence-corrected chi connectivity index (χ0v) is 53.0. The summed E-state index contributed by atoms with van der Waals surface area (Å²) >= 11 is 6.34. The summed E-state index contributed by atoms with van der Waals surface area (Å²) in [5.74, 6) is 0.589. The highest BCUT2D eigenvalue weighted by Gasteiger charge is 2.52. The Balaban J connectivity index is 0.792. The largest absolute Gasteiger partial charge is 0.469 e. The van der Waals surface area contributed by atoms with Gasteiger partial charge in [0.1, 0.15) is 5.54 Å². The molecule has 3 aliphatic carbocycles. The van der Waals surface area contributed by atoms with Gasteiger partial charge in [-0.1, -0.05) is 114 Å². The van der Waals surface area contributed by atoms with Gasteiger partial charge in [0.05, 0.1) is 77.2 Å². The fourth-order valence-electron chi connectivity index (χ4n) is 13.4. The van der Waals surface area contributed by atoms with Gasteiger partial charge < -0.3 is 43.7 Å². The predicted octanol–water partition coefficient (Wildman–Crippen LogP) is 9.42. The number of carbonyl (C=O) groups is 5. The molecule has 0 radical (unpaired) electrons. The SMILES string of the molecule is COC(=O)CCCN(C(=O)CCC(C)(C)C)C1(C(=O)NCCN2CCOCC2)CCN(C(=O)OCC2C3CCc4nnn(CCOCCOCCN(Cc5ccc(C(C)(C)C)cc5)C(=O)C(c5ccc(Cl)cc5)C5CCCCC5)c4CCC32)CC1. The Labute approximate surface area is 511 Å². The Bertz CT molecular complexity index is 2620. The van der Waals surface area contributed by atoms with Crippen LogP contribution in [-0.4, -0.2) is 176 Å². The molecule has 1 N–H and O–H groups in total. The molecule has 8 rings (SSSR count). The molecule has 5 aliphatic rings. The van der Waals surface area contributed by atoms with E-state index in [-0.39, 0.29) is 97.6 Å². The van der Waals surface area contributed by atoms with Gasteiger partial charge in [0, 0.05) is 76.8 Å². The van der Waals surface area contributed by atoms with Crippen molar-refractivity contribution >= 4 is 41.4 Å². The lowest BCUT2D eigenvalue weighted by molar-refractivity contribution is -0.152. The maximum absolute atomic E-state index is 14.8. The van der Waals surface area contributed by atoms with Gasteiger partial charge >= 0.3 is 12.1 Å². The Morgan fingerprint density at radius 3 is 2.15 bits per heavy atom. The number of nitrogens with one attached hydrogen (secondary N) is 1. The molecule has 0 spiro atoms. The van der Waals surface area contributed by atoms with E-state index in [9.17, 15) is 24.0 Å². The van der Waals surface area contributed by atoms with Crippen LogP contribution in [0.5, 0.6) is 0 Å². The number of methoxy groups -OCH3 is 1. The predicted molar refractivity (Wildman–Crippen MR) is 327 cm³/mol. The van der Waals surface area contributed by atoms with E-state index in [2.05, 4.69) is 86.3 Å². The number of amides is 4. The van der Waals surface area contributed by atoms with Crippen LogP contribution < -0.4 is 5.32 Å². The van der Waals surface area contributed by atoms with Crippen LogP contribution in [0.25, 0.3) is 0 Å². The molecule has 2 saturated heterocycles. The van der Waals surface area contributed by atoms with Crippen LogP contribution in [0.4, 0.5) is 4.79 Å². The van der Waals surface area contributed by atoms with Gasteiger partial charge in [0.2, 0.25) is 17.7 Å². The normalized spacial score (nSPS) is 20.5. The van der Waals surface area contributed by atoms with Crippen LogP contribution in [0, 0.1) is 29.1 Å². The minimum Gasteiger partial charge on any atom is -0.469 e. The third-order valence-electron chi connectivity index (χ3n) is 18.7. The van der Waals surface area contributed by atoms with Crippen LogP contribution in [-0.2, 0) is 74.2 Å². The van der Waals surface area contributed by atoms with E-state index in [1.807, 2.05) is 33.8 Å². The maximum Gasteiger partial charge on any atom is 0.409 e. The van der Waals surface area contributed by atoms with Crippen molar-refractivity contribution in [2.75, 3.05) is 106 Å². The monoisotopic (exact) mass is 1200 g/mol. The molecule has 2 aliphatic heterocycles. The number of carbonyl (C=O) groups excluding carboxylic acids is 5. The van der Waals surface area contributed by atoms with E-state index in [4.69, 9.17) is 35.3 Å². The molecule has 4 fully saturated rings. The summed E-state index contributed by atoms with van der Waals surface area (Å²) in [5.41, 5.74) is 4.29. The first-order valence-electron chi connectivity index (χ1n) is 31.9. The van der Waals surface area contributed by atoms with E-state index >= 15 is 0 Å². The number of esters is 1. The first-order chi connectivity index (χ1) is 40.8. The number of halogens is 1. The van der Waals surface area contributed by atoms with Gasteiger partial charge in [-0.05, 0) is 128 Å². The zero-order valence-electron chi connectivity index (χ0n) is 52.2. The van der Waals surface area contributed by atoms with Crippen molar-refractivity contribution in [1.29, 1.82) is 0 Å². The molecular formula is C66H99ClN8O10. The quantitative estimate of drug-likeness (QED) is 0.0562. The average molecular weight is 1200 g/mol. The van der Waals surface area contributed by atoms with Crippen LogP contribution in [0.1, 0.15) is 159 Å². The minimum atomic E-state index is -1.19. The number of nitrogens with zero attached hydrogens (tertiary/aromatic N) is 7. The molecule has 3 heterocycles. The van der Waals surface area contributed by atoms with Crippen molar-refractivity contribution in [2.24, 2.45) is 29.1 Å². The molecule has 85 heavy (non-hydrogen) atoms.